The molecule has 0 saturated carbocycles. The van der Waals surface area contributed by atoms with Gasteiger partial charge in [0.25, 0.3) is 5.91 Å². The van der Waals surface area contributed by atoms with E-state index in [1.54, 1.807) is 0 Å². The van der Waals surface area contributed by atoms with Crippen LogP contribution in [-0.2, 0) is 0 Å². The van der Waals surface area contributed by atoms with E-state index in [0.717, 1.165) is 11.3 Å². The van der Waals surface area contributed by atoms with Crippen LogP contribution in [0, 0.1) is 19.8 Å². The van der Waals surface area contributed by atoms with E-state index in [1.165, 1.54) is 5.56 Å². The topological polar surface area (TPSA) is 59.5 Å². The van der Waals surface area contributed by atoms with Crippen LogP contribution < -0.4 is 5.73 Å². The van der Waals surface area contributed by atoms with Gasteiger partial charge in [-0.3, -0.25) is 4.79 Å². The number of hydrogen-bond acceptors (Lipinski definition) is 3. The minimum absolute atomic E-state index is 0. The van der Waals surface area contributed by atoms with Crippen molar-refractivity contribution in [2.24, 2.45) is 11.7 Å². The van der Waals surface area contributed by atoms with Crippen LogP contribution in [0.3, 0.4) is 0 Å². The number of nitrogens with zero attached hydrogens (tertiary/aromatic N) is 1. The van der Waals surface area contributed by atoms with Crippen molar-refractivity contribution in [3.63, 3.8) is 0 Å². The molecule has 0 spiro atoms. The average Bonchev–Trinajstić information content (AvgIpc) is 3.10. The Hall–Kier alpha value is -1.78. The Morgan fingerprint density at radius 1 is 1.26 bits per heavy atom. The van der Waals surface area contributed by atoms with E-state index in [4.69, 9.17) is 10.2 Å². The molecule has 0 unspecified atom stereocenters. The van der Waals surface area contributed by atoms with Gasteiger partial charge in [0, 0.05) is 24.6 Å². The predicted molar refractivity (Wildman–Crippen MR) is 93.1 cm³/mol. The van der Waals surface area contributed by atoms with Crippen molar-refractivity contribution >= 4 is 18.3 Å². The van der Waals surface area contributed by atoms with Gasteiger partial charge >= 0.3 is 0 Å². The standard InChI is InChI=1S/C18H22N2O2.ClH/c1-12-8-13(2)22-17(12)18(21)20-10-15(9-19)16(11-20)14-6-4-3-5-7-14;/h3-8,15-16H,9-11,19H2,1-2H3;1H/t15-,16+;/m1./s1. The minimum Gasteiger partial charge on any atom is -0.456 e. The fourth-order valence-electron chi connectivity index (χ4n) is 3.35. The summed E-state index contributed by atoms with van der Waals surface area (Å²) in [6, 6.07) is 12.2. The fraction of sp³-hybridized carbons (Fsp3) is 0.389. The summed E-state index contributed by atoms with van der Waals surface area (Å²) in [6.45, 7) is 5.75. The van der Waals surface area contributed by atoms with E-state index >= 15 is 0 Å². The summed E-state index contributed by atoms with van der Waals surface area (Å²) in [5.41, 5.74) is 8.08. The van der Waals surface area contributed by atoms with Crippen molar-refractivity contribution in [1.29, 1.82) is 0 Å². The van der Waals surface area contributed by atoms with E-state index in [-0.39, 0.29) is 18.3 Å². The molecule has 5 heteroatoms. The van der Waals surface area contributed by atoms with E-state index < -0.39 is 0 Å². The maximum atomic E-state index is 12.7. The zero-order valence-electron chi connectivity index (χ0n) is 13.5. The van der Waals surface area contributed by atoms with Crippen molar-refractivity contribution in [3.8, 4) is 0 Å². The van der Waals surface area contributed by atoms with Gasteiger partial charge in [0.2, 0.25) is 0 Å². The molecule has 1 aromatic heterocycles. The van der Waals surface area contributed by atoms with Crippen LogP contribution >= 0.6 is 12.4 Å². The molecule has 1 aliphatic rings. The van der Waals surface area contributed by atoms with Gasteiger partial charge < -0.3 is 15.1 Å². The van der Waals surface area contributed by atoms with Crippen molar-refractivity contribution < 1.29 is 9.21 Å². The zero-order valence-corrected chi connectivity index (χ0v) is 14.3. The van der Waals surface area contributed by atoms with E-state index in [9.17, 15) is 4.79 Å². The summed E-state index contributed by atoms with van der Waals surface area (Å²) < 4.78 is 5.58. The summed E-state index contributed by atoms with van der Waals surface area (Å²) in [5, 5.41) is 0. The molecule has 1 saturated heterocycles. The molecule has 124 valence electrons. The first-order valence-corrected chi connectivity index (χ1v) is 7.71. The third-order valence-corrected chi connectivity index (χ3v) is 4.49. The van der Waals surface area contributed by atoms with Crippen LogP contribution in [0.2, 0.25) is 0 Å². The third kappa shape index (κ3) is 3.43. The number of benzene rings is 1. The molecule has 1 fully saturated rings. The molecule has 3 rings (SSSR count). The molecule has 2 aromatic rings. The van der Waals surface area contributed by atoms with Gasteiger partial charge in [-0.15, -0.1) is 12.4 Å². The quantitative estimate of drug-likeness (QED) is 0.938. The molecule has 1 aromatic carbocycles. The highest BCUT2D eigenvalue weighted by molar-refractivity contribution is 5.93. The van der Waals surface area contributed by atoms with Crippen LogP contribution in [0.25, 0.3) is 0 Å². The first-order chi connectivity index (χ1) is 10.6. The number of rotatable bonds is 3. The fourth-order valence-corrected chi connectivity index (χ4v) is 3.35. The smallest absolute Gasteiger partial charge is 0.289 e. The lowest BCUT2D eigenvalue weighted by Gasteiger charge is -2.16. The number of amides is 1. The Morgan fingerprint density at radius 3 is 2.52 bits per heavy atom. The molecule has 2 heterocycles. The lowest BCUT2D eigenvalue weighted by atomic mass is 9.89. The second-order valence-corrected chi connectivity index (χ2v) is 6.09. The highest BCUT2D eigenvalue weighted by atomic mass is 35.5. The first kappa shape index (κ1) is 17.6. The Bertz CT molecular complexity index is 669. The monoisotopic (exact) mass is 334 g/mol. The molecule has 1 aliphatic heterocycles. The lowest BCUT2D eigenvalue weighted by molar-refractivity contribution is 0.0752. The van der Waals surface area contributed by atoms with Crippen LogP contribution in [-0.4, -0.2) is 30.4 Å². The van der Waals surface area contributed by atoms with Gasteiger partial charge in [-0.1, -0.05) is 30.3 Å². The van der Waals surface area contributed by atoms with Gasteiger partial charge in [0.05, 0.1) is 0 Å². The zero-order chi connectivity index (χ0) is 15.7. The van der Waals surface area contributed by atoms with E-state index in [2.05, 4.69) is 12.1 Å². The Labute approximate surface area is 143 Å². The molecule has 23 heavy (non-hydrogen) atoms. The van der Waals surface area contributed by atoms with Gasteiger partial charge in [0.15, 0.2) is 5.76 Å². The van der Waals surface area contributed by atoms with E-state index in [0.29, 0.717) is 37.2 Å². The van der Waals surface area contributed by atoms with Gasteiger partial charge in [-0.2, -0.15) is 0 Å². The van der Waals surface area contributed by atoms with Crippen LogP contribution in [0.4, 0.5) is 0 Å². The summed E-state index contributed by atoms with van der Waals surface area (Å²) >= 11 is 0. The number of likely N-dealkylation sites (tertiary alicyclic amines) is 1. The summed E-state index contributed by atoms with van der Waals surface area (Å²) in [7, 11) is 0. The molecule has 4 nitrogen and oxygen atoms in total. The Morgan fingerprint density at radius 2 is 1.96 bits per heavy atom. The van der Waals surface area contributed by atoms with Gasteiger partial charge in [-0.25, -0.2) is 0 Å². The normalized spacial score (nSPS) is 20.4. The number of carbonyl (C=O) groups excluding carboxylic acids is 1. The second-order valence-electron chi connectivity index (χ2n) is 6.09. The van der Waals surface area contributed by atoms with Crippen molar-refractivity contribution in [1.82, 2.24) is 4.90 Å². The largest absolute Gasteiger partial charge is 0.456 e. The van der Waals surface area contributed by atoms with Crippen LogP contribution in [0.15, 0.2) is 40.8 Å². The number of carbonyl (C=O) groups is 1. The van der Waals surface area contributed by atoms with Gasteiger partial charge in [0.1, 0.15) is 5.76 Å². The summed E-state index contributed by atoms with van der Waals surface area (Å²) in [6.07, 6.45) is 0. The third-order valence-electron chi connectivity index (χ3n) is 4.49. The number of hydrogen-bond donors (Lipinski definition) is 1. The number of aryl methyl sites for hydroxylation is 2. The van der Waals surface area contributed by atoms with E-state index in [1.807, 2.05) is 43.0 Å². The molecule has 1 amide bonds. The summed E-state index contributed by atoms with van der Waals surface area (Å²) in [4.78, 5) is 14.6. The molecule has 0 bridgehead atoms. The average molecular weight is 335 g/mol. The van der Waals surface area contributed by atoms with Gasteiger partial charge in [-0.05, 0) is 37.9 Å². The molecule has 2 atom stereocenters. The maximum absolute atomic E-state index is 12.7. The Kier molecular flexibility index (Phi) is 5.50. The molecular formula is C18H23ClN2O2. The minimum atomic E-state index is -0.0255. The SMILES string of the molecule is Cc1cc(C)c(C(=O)N2C[C@@H](CN)[C@H](c3ccccc3)C2)o1.Cl. The first-order valence-electron chi connectivity index (χ1n) is 7.71. The number of halogens is 1. The number of furan rings is 1. The van der Waals surface area contributed by atoms with Crippen LogP contribution in [0.1, 0.15) is 33.4 Å². The highest BCUT2D eigenvalue weighted by Crippen LogP contribution is 2.33. The highest BCUT2D eigenvalue weighted by Gasteiger charge is 2.36. The van der Waals surface area contributed by atoms with Crippen molar-refractivity contribution in [3.05, 3.63) is 59.0 Å². The summed E-state index contributed by atoms with van der Waals surface area (Å²) in [5.74, 6) is 1.80. The molecule has 0 aliphatic carbocycles. The van der Waals surface area contributed by atoms with Crippen molar-refractivity contribution in [2.75, 3.05) is 19.6 Å². The Balaban J connectivity index is 0.00000192. The predicted octanol–water partition coefficient (Wildman–Crippen LogP) is 3.13. The molecular weight excluding hydrogens is 312 g/mol. The second kappa shape index (κ2) is 7.20. The molecule has 2 N–H and O–H groups in total. The molecule has 0 radical (unpaired) electrons. The van der Waals surface area contributed by atoms with Crippen molar-refractivity contribution in [2.45, 2.75) is 19.8 Å². The van der Waals surface area contributed by atoms with Crippen LogP contribution in [0.5, 0.6) is 0 Å². The lowest BCUT2D eigenvalue weighted by Crippen LogP contribution is -2.30. The number of nitrogens with two attached hydrogens (primary N) is 1. The maximum Gasteiger partial charge on any atom is 0.289 e.